The summed E-state index contributed by atoms with van der Waals surface area (Å²) in [7, 11) is 0. The van der Waals surface area contributed by atoms with Gasteiger partial charge in [0.05, 0.1) is 28.5 Å². The van der Waals surface area contributed by atoms with Crippen LogP contribution in [-0.4, -0.2) is 21.3 Å². The van der Waals surface area contributed by atoms with Crippen LogP contribution >= 0.6 is 114 Å². The molecule has 0 aliphatic rings. The predicted octanol–water partition coefficient (Wildman–Crippen LogP) is 5.37. The van der Waals surface area contributed by atoms with Gasteiger partial charge in [0.1, 0.15) is 0 Å². The number of carbonyl (C=O) groups is 1. The zero-order chi connectivity index (χ0) is 22.8. The van der Waals surface area contributed by atoms with E-state index in [-0.39, 0.29) is 56.7 Å². The summed E-state index contributed by atoms with van der Waals surface area (Å²) in [5.74, 6) is -1.10. The smallest absolute Gasteiger partial charge is 0.505 e. The van der Waals surface area contributed by atoms with Crippen LogP contribution in [0.25, 0.3) is 33.1 Å². The van der Waals surface area contributed by atoms with E-state index in [0.29, 0.717) is 47.3 Å². The van der Waals surface area contributed by atoms with Crippen molar-refractivity contribution in [2.45, 2.75) is 0 Å². The molecular formula is C20H7Cl2I4NaO5+2. The molecule has 0 radical (unpaired) electrons. The minimum Gasteiger partial charge on any atom is -0.505 e. The van der Waals surface area contributed by atoms with Crippen LogP contribution in [0.2, 0.25) is 10.0 Å². The van der Waals surface area contributed by atoms with Crippen LogP contribution in [0.15, 0.2) is 28.7 Å². The van der Waals surface area contributed by atoms with Gasteiger partial charge in [-0.3, -0.25) is 0 Å². The first-order valence-corrected chi connectivity index (χ1v) is 13.3. The van der Waals surface area contributed by atoms with Gasteiger partial charge >= 0.3 is 46.7 Å². The number of aromatic carboxylic acids is 1. The average molecular weight is 929 g/mol. The summed E-state index contributed by atoms with van der Waals surface area (Å²) in [6.07, 6.45) is 0. The molecule has 0 unspecified atom stereocenters. The van der Waals surface area contributed by atoms with Crippen LogP contribution in [0.5, 0.6) is 11.5 Å². The monoisotopic (exact) mass is 928 g/mol. The van der Waals surface area contributed by atoms with Crippen LogP contribution in [-0.2, 0) is 0 Å². The van der Waals surface area contributed by atoms with Crippen molar-refractivity contribution < 1.29 is 54.1 Å². The van der Waals surface area contributed by atoms with Gasteiger partial charge in [-0.2, -0.15) is 0 Å². The van der Waals surface area contributed by atoms with Crippen molar-refractivity contribution in [1.82, 2.24) is 0 Å². The summed E-state index contributed by atoms with van der Waals surface area (Å²) < 4.78 is 8.20. The maximum Gasteiger partial charge on any atom is 1.00 e. The van der Waals surface area contributed by atoms with Crippen LogP contribution in [0.3, 0.4) is 0 Å². The van der Waals surface area contributed by atoms with E-state index < -0.39 is 5.97 Å². The molecule has 3 aromatic carbocycles. The molecule has 0 atom stereocenters. The molecule has 158 valence electrons. The Bertz CT molecular complexity index is 1390. The number of aromatic hydroxyl groups is 2. The van der Waals surface area contributed by atoms with Crippen molar-refractivity contribution in [3.05, 3.63) is 54.2 Å². The Hall–Kier alpha value is 0.900. The van der Waals surface area contributed by atoms with Crippen LogP contribution in [0, 0.1) is 14.3 Å². The summed E-state index contributed by atoms with van der Waals surface area (Å²) in [5.41, 5.74) is 1.45. The number of hydrogen-bond donors (Lipinski definition) is 3. The van der Waals surface area contributed by atoms with Gasteiger partial charge in [-0.15, -0.1) is 0 Å². The minimum absolute atomic E-state index is 0. The molecule has 3 N–H and O–H groups in total. The molecule has 0 saturated heterocycles. The molecule has 0 aliphatic heterocycles. The largest absolute Gasteiger partial charge is 1.00 e. The molecule has 0 aliphatic carbocycles. The molecule has 12 heteroatoms. The number of benzene rings is 3. The van der Waals surface area contributed by atoms with Gasteiger partial charge in [0.15, 0.2) is 18.6 Å². The fourth-order valence-electron chi connectivity index (χ4n) is 3.28. The van der Waals surface area contributed by atoms with Gasteiger partial charge in [-0.25, -0.2) is 9.21 Å². The average Bonchev–Trinajstić information content (AvgIpc) is 2.68. The maximum atomic E-state index is 12.1. The van der Waals surface area contributed by atoms with Gasteiger partial charge in [0.2, 0.25) is 0 Å². The SMILES string of the molecule is O=C(O)c1c(Cl)cc(Cl)cc1-c1c2cc(I)c(O)c(I)c2[o+]c2c(I)c(O)c(I)cc12.[Na+]. The van der Waals surface area contributed by atoms with Gasteiger partial charge in [0, 0.05) is 16.1 Å². The summed E-state index contributed by atoms with van der Waals surface area (Å²) in [4.78, 5) is 12.1. The summed E-state index contributed by atoms with van der Waals surface area (Å²) in [6.45, 7) is 0. The van der Waals surface area contributed by atoms with E-state index in [1.54, 1.807) is 18.2 Å². The molecule has 5 nitrogen and oxygen atoms in total. The van der Waals surface area contributed by atoms with E-state index in [4.69, 9.17) is 27.6 Å². The zero-order valence-electron chi connectivity index (χ0n) is 15.7. The first kappa shape index (κ1) is 27.5. The summed E-state index contributed by atoms with van der Waals surface area (Å²) in [5, 5.41) is 32.3. The zero-order valence-corrected chi connectivity index (χ0v) is 27.9. The molecule has 4 aromatic rings. The topological polar surface area (TPSA) is 89.1 Å². The number of phenolic OH excluding ortho intramolecular Hbond substituents is 2. The number of halogens is 6. The van der Waals surface area contributed by atoms with E-state index in [1.807, 2.05) is 90.4 Å². The summed E-state index contributed by atoms with van der Waals surface area (Å²) in [6, 6.07) is 6.37. The normalized spacial score (nSPS) is 11.1. The van der Waals surface area contributed by atoms with Crippen LogP contribution in [0.1, 0.15) is 10.4 Å². The molecule has 0 fully saturated rings. The quantitative estimate of drug-likeness (QED) is 0.109. The third-order valence-corrected chi connectivity index (χ3v) is 8.74. The molecule has 0 spiro atoms. The molecule has 1 heterocycles. The van der Waals surface area contributed by atoms with Crippen molar-refractivity contribution in [3.63, 3.8) is 0 Å². The molecule has 0 bridgehead atoms. The van der Waals surface area contributed by atoms with Gasteiger partial charge < -0.3 is 15.3 Å². The maximum absolute atomic E-state index is 12.1. The molecule has 0 saturated carbocycles. The number of phenols is 2. The first-order chi connectivity index (χ1) is 14.5. The number of carboxylic acids is 1. The van der Waals surface area contributed by atoms with E-state index in [2.05, 4.69) is 0 Å². The van der Waals surface area contributed by atoms with Crippen molar-refractivity contribution in [2.24, 2.45) is 0 Å². The number of fused-ring (bicyclic) bond motifs is 2. The number of rotatable bonds is 2. The minimum atomic E-state index is -1.20. The van der Waals surface area contributed by atoms with E-state index in [1.165, 1.54) is 6.07 Å². The fourth-order valence-corrected chi connectivity index (χ4v) is 7.43. The Kier molecular flexibility index (Phi) is 9.01. The third-order valence-electron chi connectivity index (χ3n) is 4.58. The van der Waals surface area contributed by atoms with Gasteiger partial charge in [0.25, 0.3) is 0 Å². The second kappa shape index (κ2) is 10.5. The standard InChI is InChI=1S/C20H6Cl2I4O5.Na/c21-5-1-6(13(20(29)30)9(22)2-5)12-7-3-10(23)16(27)14(25)18(7)31-19-8(12)4-11(24)17(28)15(19)26;/h1-4H,(H2-,27,28,29,30);/q;+1/p+1. The van der Waals surface area contributed by atoms with Crippen molar-refractivity contribution in [1.29, 1.82) is 0 Å². The fraction of sp³-hybridized carbons (Fsp3) is 0. The second-order valence-corrected chi connectivity index (χ2v) is 11.7. The van der Waals surface area contributed by atoms with Crippen molar-refractivity contribution in [2.75, 3.05) is 0 Å². The third kappa shape index (κ3) is 4.67. The molecule has 4 rings (SSSR count). The van der Waals surface area contributed by atoms with E-state index >= 15 is 0 Å². The number of hydrogen-bond acceptors (Lipinski definition) is 3. The van der Waals surface area contributed by atoms with Gasteiger partial charge in [-0.1, -0.05) is 23.2 Å². The number of carboxylic acid groups (broad SMARTS) is 1. The molecular weight excluding hydrogens is 922 g/mol. The van der Waals surface area contributed by atoms with E-state index in [0.717, 1.165) is 0 Å². The molecule has 32 heavy (non-hydrogen) atoms. The Labute approximate surface area is 268 Å². The Morgan fingerprint density at radius 3 is 1.75 bits per heavy atom. The Morgan fingerprint density at radius 2 is 1.31 bits per heavy atom. The Balaban J connectivity index is 0.00000289. The van der Waals surface area contributed by atoms with Crippen molar-refractivity contribution in [3.8, 4) is 22.6 Å². The molecule has 1 aromatic heterocycles. The van der Waals surface area contributed by atoms with Crippen LogP contribution < -0.4 is 29.6 Å². The Morgan fingerprint density at radius 1 is 0.844 bits per heavy atom. The predicted molar refractivity (Wildman–Crippen MR) is 155 cm³/mol. The van der Waals surface area contributed by atoms with E-state index in [9.17, 15) is 20.1 Å². The van der Waals surface area contributed by atoms with Crippen LogP contribution in [0.4, 0.5) is 0 Å². The van der Waals surface area contributed by atoms with Crippen molar-refractivity contribution >= 4 is 141 Å². The second-order valence-electron chi connectivity index (χ2n) is 6.39. The van der Waals surface area contributed by atoms with Gasteiger partial charge in [-0.05, 0) is 115 Å². The summed E-state index contributed by atoms with van der Waals surface area (Å²) >= 11 is 20.5. The first-order valence-electron chi connectivity index (χ1n) is 8.23. The molecule has 0 amide bonds.